The van der Waals surface area contributed by atoms with E-state index in [1.165, 1.54) is 11.1 Å². The van der Waals surface area contributed by atoms with Gasteiger partial charge >= 0.3 is 0 Å². The molecule has 2 aromatic rings. The van der Waals surface area contributed by atoms with E-state index in [0.29, 0.717) is 0 Å². The van der Waals surface area contributed by atoms with Crippen LogP contribution in [-0.4, -0.2) is 15.3 Å². The predicted octanol–water partition coefficient (Wildman–Crippen LogP) is 2.71. The maximum atomic E-state index is 8.36. The fourth-order valence-corrected chi connectivity index (χ4v) is 1.30. The third kappa shape index (κ3) is 4.74. The highest BCUT2D eigenvalue weighted by molar-refractivity contribution is 5.59. The van der Waals surface area contributed by atoms with Crippen molar-refractivity contribution in [2.75, 3.05) is 0 Å². The molecule has 0 bridgehead atoms. The Morgan fingerprint density at radius 3 is 2.35 bits per heavy atom. The first-order chi connectivity index (χ1) is 8.09. The average Bonchev–Trinajstić information content (AvgIpc) is 2.29. The van der Waals surface area contributed by atoms with E-state index >= 15 is 0 Å². The predicted molar refractivity (Wildman–Crippen MR) is 63.2 cm³/mol. The van der Waals surface area contributed by atoms with E-state index in [0.717, 1.165) is 5.69 Å². The van der Waals surface area contributed by atoms with Crippen LogP contribution in [0.2, 0.25) is 0 Å². The van der Waals surface area contributed by atoms with Crippen LogP contribution in [0.1, 0.15) is 5.56 Å². The van der Waals surface area contributed by atoms with E-state index in [-0.39, 0.29) is 0 Å². The Bertz CT molecular complexity index is 482. The second-order valence-electron chi connectivity index (χ2n) is 3.32. The maximum absolute atomic E-state index is 8.36. The van der Waals surface area contributed by atoms with Crippen LogP contribution in [0.25, 0.3) is 11.3 Å². The minimum absolute atomic E-state index is 1.04. The highest BCUT2D eigenvalue weighted by atomic mass is 16.9. The van der Waals surface area contributed by atoms with Crippen molar-refractivity contribution < 1.29 is 10.3 Å². The van der Waals surface area contributed by atoms with E-state index in [2.05, 4.69) is 30.1 Å². The first-order valence-electron chi connectivity index (χ1n) is 4.91. The summed E-state index contributed by atoms with van der Waals surface area (Å²) in [5.41, 5.74) is 3.46. The molecule has 1 aromatic heterocycles. The summed E-state index contributed by atoms with van der Waals surface area (Å²) in [6, 6.07) is 14.3. The second-order valence-corrected chi connectivity index (χ2v) is 3.32. The standard InChI is InChI=1S/C12H11N.HNO3/c1-10-7-8-13-12(9-10)11-5-3-2-4-6-11;2-1(3)4/h2-9H,1H3;(H,2,3,4). The van der Waals surface area contributed by atoms with Crippen LogP contribution >= 0.6 is 0 Å². The Balaban J connectivity index is 0.000000317. The highest BCUT2D eigenvalue weighted by Gasteiger charge is 1.96. The number of hydrogen-bond acceptors (Lipinski definition) is 3. The summed E-state index contributed by atoms with van der Waals surface area (Å²) in [6.45, 7) is 2.08. The minimum Gasteiger partial charge on any atom is -0.328 e. The SMILES string of the molecule is Cc1ccnc(-c2ccccc2)c1.O=[N+]([O-])O. The molecular weight excluding hydrogens is 220 g/mol. The van der Waals surface area contributed by atoms with Crippen molar-refractivity contribution >= 4 is 0 Å². The van der Waals surface area contributed by atoms with Crippen molar-refractivity contribution in [2.24, 2.45) is 0 Å². The number of pyridine rings is 1. The van der Waals surface area contributed by atoms with Crippen LogP contribution < -0.4 is 0 Å². The van der Waals surface area contributed by atoms with Gasteiger partial charge < -0.3 is 5.21 Å². The molecular formula is C12H12N2O3. The van der Waals surface area contributed by atoms with E-state index in [1.807, 2.05) is 30.5 Å². The summed E-state index contributed by atoms with van der Waals surface area (Å²) in [6.07, 6.45) is 1.84. The number of aryl methyl sites for hydroxylation is 1. The molecule has 88 valence electrons. The van der Waals surface area contributed by atoms with Gasteiger partial charge in [0.25, 0.3) is 5.09 Å². The first kappa shape index (κ1) is 12.6. The molecule has 0 fully saturated rings. The lowest BCUT2D eigenvalue weighted by Gasteiger charge is -2.00. The van der Waals surface area contributed by atoms with Gasteiger partial charge in [0.1, 0.15) is 0 Å². The smallest absolute Gasteiger partial charge is 0.291 e. The molecule has 1 N–H and O–H groups in total. The lowest BCUT2D eigenvalue weighted by molar-refractivity contribution is -0.742. The maximum Gasteiger partial charge on any atom is 0.291 e. The monoisotopic (exact) mass is 232 g/mol. The number of rotatable bonds is 1. The molecule has 1 aromatic carbocycles. The number of aromatic nitrogens is 1. The molecule has 0 saturated carbocycles. The summed E-state index contributed by atoms with van der Waals surface area (Å²) >= 11 is 0. The van der Waals surface area contributed by atoms with Crippen LogP contribution in [0.15, 0.2) is 48.7 Å². The topological polar surface area (TPSA) is 76.3 Å². The third-order valence-electron chi connectivity index (χ3n) is 1.98. The normalized spacial score (nSPS) is 9.00. The van der Waals surface area contributed by atoms with Crippen molar-refractivity contribution in [3.05, 3.63) is 64.3 Å². The Morgan fingerprint density at radius 2 is 1.82 bits per heavy atom. The molecule has 2 rings (SSSR count). The van der Waals surface area contributed by atoms with Crippen molar-refractivity contribution in [3.8, 4) is 11.3 Å². The van der Waals surface area contributed by atoms with Gasteiger partial charge in [-0.1, -0.05) is 30.3 Å². The van der Waals surface area contributed by atoms with Crippen LogP contribution in [0.4, 0.5) is 0 Å². The average molecular weight is 232 g/mol. The zero-order chi connectivity index (χ0) is 12.7. The molecule has 5 nitrogen and oxygen atoms in total. The molecule has 0 radical (unpaired) electrons. The minimum atomic E-state index is -1.50. The van der Waals surface area contributed by atoms with Gasteiger partial charge in [-0.2, -0.15) is 0 Å². The van der Waals surface area contributed by atoms with Gasteiger partial charge in [0, 0.05) is 11.8 Å². The fourth-order valence-electron chi connectivity index (χ4n) is 1.30. The molecule has 0 atom stereocenters. The lowest BCUT2D eigenvalue weighted by atomic mass is 10.1. The van der Waals surface area contributed by atoms with Crippen LogP contribution in [-0.2, 0) is 0 Å². The molecule has 17 heavy (non-hydrogen) atoms. The lowest BCUT2D eigenvalue weighted by Crippen LogP contribution is -1.82. The van der Waals surface area contributed by atoms with Gasteiger partial charge in [0.05, 0.1) is 5.69 Å². The summed E-state index contributed by atoms with van der Waals surface area (Å²) in [7, 11) is 0. The molecule has 0 aliphatic heterocycles. The molecule has 1 heterocycles. The van der Waals surface area contributed by atoms with Gasteiger partial charge in [0.2, 0.25) is 0 Å². The largest absolute Gasteiger partial charge is 0.328 e. The zero-order valence-corrected chi connectivity index (χ0v) is 9.28. The van der Waals surface area contributed by atoms with Gasteiger partial charge in [0.15, 0.2) is 0 Å². The quantitative estimate of drug-likeness (QED) is 0.605. The van der Waals surface area contributed by atoms with Gasteiger partial charge in [-0.05, 0) is 24.6 Å². The van der Waals surface area contributed by atoms with Crippen molar-refractivity contribution in [2.45, 2.75) is 6.92 Å². The summed E-state index contributed by atoms with van der Waals surface area (Å²) in [4.78, 5) is 12.7. The van der Waals surface area contributed by atoms with Crippen LogP contribution in [0.5, 0.6) is 0 Å². The molecule has 0 spiro atoms. The van der Waals surface area contributed by atoms with Crippen LogP contribution in [0, 0.1) is 17.0 Å². The zero-order valence-electron chi connectivity index (χ0n) is 9.28. The molecule has 0 aliphatic rings. The molecule has 5 heteroatoms. The van der Waals surface area contributed by atoms with Crippen molar-refractivity contribution in [1.29, 1.82) is 0 Å². The third-order valence-corrected chi connectivity index (χ3v) is 1.98. The summed E-state index contributed by atoms with van der Waals surface area (Å²) in [5.74, 6) is 0. The molecule has 0 amide bonds. The molecule has 0 aliphatic carbocycles. The van der Waals surface area contributed by atoms with E-state index in [4.69, 9.17) is 15.3 Å². The summed E-state index contributed by atoms with van der Waals surface area (Å²) < 4.78 is 0. The van der Waals surface area contributed by atoms with Gasteiger partial charge in [-0.15, -0.1) is 10.1 Å². The van der Waals surface area contributed by atoms with Gasteiger partial charge in [-0.25, -0.2) is 0 Å². The first-order valence-corrected chi connectivity index (χ1v) is 4.91. The fraction of sp³-hybridized carbons (Fsp3) is 0.0833. The summed E-state index contributed by atoms with van der Waals surface area (Å²) in [5, 5.41) is 13.6. The van der Waals surface area contributed by atoms with E-state index in [1.54, 1.807) is 0 Å². The van der Waals surface area contributed by atoms with Gasteiger partial charge in [-0.3, -0.25) is 4.98 Å². The Labute approximate surface area is 98.5 Å². The number of hydrogen-bond donors (Lipinski definition) is 1. The number of nitrogens with zero attached hydrogens (tertiary/aromatic N) is 2. The number of benzene rings is 1. The highest BCUT2D eigenvalue weighted by Crippen LogP contribution is 2.16. The van der Waals surface area contributed by atoms with E-state index in [9.17, 15) is 0 Å². The van der Waals surface area contributed by atoms with Crippen molar-refractivity contribution in [3.63, 3.8) is 0 Å². The van der Waals surface area contributed by atoms with Crippen LogP contribution in [0.3, 0.4) is 0 Å². The Morgan fingerprint density at radius 1 is 1.24 bits per heavy atom. The molecule has 0 saturated heterocycles. The Hall–Kier alpha value is -2.43. The second kappa shape index (κ2) is 6.22. The van der Waals surface area contributed by atoms with Crippen molar-refractivity contribution in [1.82, 2.24) is 4.98 Å². The molecule has 0 unspecified atom stereocenters. The van der Waals surface area contributed by atoms with E-state index < -0.39 is 5.09 Å². The Kier molecular flexibility index (Phi) is 4.62.